The maximum Gasteiger partial charge on any atom is 0.284 e. The molecular weight excluding hydrogens is 304 g/mol. The molecule has 0 saturated carbocycles. The first kappa shape index (κ1) is 16.1. The predicted molar refractivity (Wildman–Crippen MR) is 92.6 cm³/mol. The second kappa shape index (κ2) is 7.17. The summed E-state index contributed by atoms with van der Waals surface area (Å²) in [6.45, 7) is 4.46. The van der Waals surface area contributed by atoms with Gasteiger partial charge in [0.15, 0.2) is 11.5 Å². The summed E-state index contributed by atoms with van der Waals surface area (Å²) in [6.07, 6.45) is 0.903. The monoisotopic (exact) mass is 324 g/mol. The van der Waals surface area contributed by atoms with Gasteiger partial charge in [-0.15, -0.1) is 0 Å². The summed E-state index contributed by atoms with van der Waals surface area (Å²) in [5.74, 6) is 1.37. The second-order valence-corrected chi connectivity index (χ2v) is 5.92. The first-order chi connectivity index (χ1) is 11.6. The number of nitrogens with zero attached hydrogens (tertiary/aromatic N) is 1. The van der Waals surface area contributed by atoms with Crippen molar-refractivity contribution in [3.05, 3.63) is 59.7 Å². The average molecular weight is 324 g/mol. The zero-order valence-electron chi connectivity index (χ0n) is 13.7. The molecular formula is C19H20N2O3. The third kappa shape index (κ3) is 3.74. The molecule has 2 aromatic rings. The Morgan fingerprint density at radius 3 is 2.58 bits per heavy atom. The number of carbonyl (C=O) groups excluding carboxylic acids is 1. The molecule has 3 rings (SSSR count). The van der Waals surface area contributed by atoms with Crippen molar-refractivity contribution in [3.63, 3.8) is 0 Å². The molecule has 1 heterocycles. The van der Waals surface area contributed by atoms with Gasteiger partial charge in [0.05, 0.1) is 6.21 Å². The topological polar surface area (TPSA) is 59.9 Å². The van der Waals surface area contributed by atoms with Crippen molar-refractivity contribution in [2.75, 3.05) is 6.61 Å². The Morgan fingerprint density at radius 1 is 1.17 bits per heavy atom. The van der Waals surface area contributed by atoms with Crippen LogP contribution in [0.4, 0.5) is 0 Å². The number of hydrogen-bond acceptors (Lipinski definition) is 4. The maximum absolute atomic E-state index is 12.1. The number of fused-ring (bicyclic) bond motifs is 1. The second-order valence-electron chi connectivity index (χ2n) is 5.92. The van der Waals surface area contributed by atoms with E-state index in [4.69, 9.17) is 9.47 Å². The van der Waals surface area contributed by atoms with Crippen LogP contribution in [-0.2, 0) is 4.79 Å². The largest absolute Gasteiger partial charge is 0.485 e. The molecule has 1 N–H and O–H groups in total. The van der Waals surface area contributed by atoms with Gasteiger partial charge in [0, 0.05) is 0 Å². The highest BCUT2D eigenvalue weighted by Gasteiger charge is 2.26. The summed E-state index contributed by atoms with van der Waals surface area (Å²) in [7, 11) is 0. The van der Waals surface area contributed by atoms with Gasteiger partial charge < -0.3 is 9.47 Å². The number of amides is 1. The van der Waals surface area contributed by atoms with Crippen molar-refractivity contribution in [2.24, 2.45) is 5.10 Å². The summed E-state index contributed by atoms with van der Waals surface area (Å²) in [6, 6.07) is 15.3. The van der Waals surface area contributed by atoms with Gasteiger partial charge in [-0.25, -0.2) is 5.43 Å². The molecule has 0 bridgehead atoms. The van der Waals surface area contributed by atoms with E-state index in [1.807, 2.05) is 30.3 Å². The molecule has 1 aliphatic rings. The van der Waals surface area contributed by atoms with E-state index < -0.39 is 6.10 Å². The van der Waals surface area contributed by atoms with Crippen molar-refractivity contribution < 1.29 is 14.3 Å². The summed E-state index contributed by atoms with van der Waals surface area (Å²) in [5.41, 5.74) is 4.68. The number of nitrogens with one attached hydrogen (secondary N) is 1. The highest BCUT2D eigenvalue weighted by Crippen LogP contribution is 2.30. The van der Waals surface area contributed by atoms with Crippen LogP contribution < -0.4 is 14.9 Å². The summed E-state index contributed by atoms with van der Waals surface area (Å²) in [5, 5.41) is 3.99. The molecule has 1 aliphatic heterocycles. The van der Waals surface area contributed by atoms with Gasteiger partial charge in [-0.2, -0.15) is 5.10 Å². The molecule has 0 aromatic heterocycles. The van der Waals surface area contributed by atoms with Gasteiger partial charge in [-0.1, -0.05) is 50.2 Å². The number of para-hydroxylation sites is 2. The van der Waals surface area contributed by atoms with Gasteiger partial charge in [-0.05, 0) is 29.2 Å². The molecule has 124 valence electrons. The van der Waals surface area contributed by atoms with Gasteiger partial charge >= 0.3 is 0 Å². The van der Waals surface area contributed by atoms with Crippen LogP contribution in [0, 0.1) is 0 Å². The fourth-order valence-electron chi connectivity index (χ4n) is 2.36. The number of carbonyl (C=O) groups is 1. The molecule has 1 amide bonds. The Kier molecular flexibility index (Phi) is 4.79. The summed E-state index contributed by atoms with van der Waals surface area (Å²) in [4.78, 5) is 12.1. The van der Waals surface area contributed by atoms with Crippen molar-refractivity contribution in [3.8, 4) is 11.5 Å². The van der Waals surface area contributed by atoms with Gasteiger partial charge in [0.2, 0.25) is 6.10 Å². The number of benzene rings is 2. The Morgan fingerprint density at radius 2 is 1.88 bits per heavy atom. The van der Waals surface area contributed by atoms with E-state index in [0.29, 0.717) is 17.4 Å². The molecule has 24 heavy (non-hydrogen) atoms. The van der Waals surface area contributed by atoms with Crippen LogP contribution in [0.15, 0.2) is 53.6 Å². The molecule has 2 aromatic carbocycles. The Balaban J connectivity index is 1.56. The third-order valence-electron chi connectivity index (χ3n) is 3.79. The van der Waals surface area contributed by atoms with E-state index in [1.165, 1.54) is 5.56 Å². The van der Waals surface area contributed by atoms with Gasteiger partial charge in [-0.3, -0.25) is 4.79 Å². The van der Waals surface area contributed by atoms with Crippen molar-refractivity contribution in [2.45, 2.75) is 25.9 Å². The van der Waals surface area contributed by atoms with E-state index in [-0.39, 0.29) is 12.5 Å². The van der Waals surface area contributed by atoms with Crippen molar-refractivity contribution >= 4 is 12.1 Å². The fraction of sp³-hybridized carbons (Fsp3) is 0.263. The van der Waals surface area contributed by atoms with E-state index in [9.17, 15) is 4.79 Å². The van der Waals surface area contributed by atoms with Crippen molar-refractivity contribution in [1.29, 1.82) is 0 Å². The molecule has 1 unspecified atom stereocenters. The molecule has 5 nitrogen and oxygen atoms in total. The lowest BCUT2D eigenvalue weighted by Crippen LogP contribution is -2.42. The lowest BCUT2D eigenvalue weighted by Gasteiger charge is -2.24. The van der Waals surface area contributed by atoms with Crippen molar-refractivity contribution in [1.82, 2.24) is 5.43 Å². The SMILES string of the molecule is CC(C)c1ccc(C=NNC(=O)C2COc3ccccc3O2)cc1. The predicted octanol–water partition coefficient (Wildman–Crippen LogP) is 3.10. The molecule has 0 saturated heterocycles. The number of rotatable bonds is 4. The van der Waals surface area contributed by atoms with Gasteiger partial charge in [0.1, 0.15) is 6.61 Å². The van der Waals surface area contributed by atoms with Crippen LogP contribution in [0.5, 0.6) is 11.5 Å². The first-order valence-corrected chi connectivity index (χ1v) is 7.95. The van der Waals surface area contributed by atoms with Crippen LogP contribution in [0.3, 0.4) is 0 Å². The van der Waals surface area contributed by atoms with Crippen LogP contribution in [0.1, 0.15) is 30.9 Å². The molecule has 5 heteroatoms. The lowest BCUT2D eigenvalue weighted by atomic mass is 10.0. The fourth-order valence-corrected chi connectivity index (χ4v) is 2.36. The minimum Gasteiger partial charge on any atom is -0.485 e. The van der Waals surface area contributed by atoms with E-state index in [2.05, 4.69) is 36.5 Å². The summed E-state index contributed by atoms with van der Waals surface area (Å²) < 4.78 is 11.1. The van der Waals surface area contributed by atoms with Crippen LogP contribution in [0.2, 0.25) is 0 Å². The quantitative estimate of drug-likeness (QED) is 0.694. The van der Waals surface area contributed by atoms with Gasteiger partial charge in [0.25, 0.3) is 5.91 Å². The smallest absolute Gasteiger partial charge is 0.284 e. The Hall–Kier alpha value is -2.82. The van der Waals surface area contributed by atoms with E-state index >= 15 is 0 Å². The standard InChI is InChI=1S/C19H20N2O3/c1-13(2)15-9-7-14(8-10-15)11-20-21-19(22)18-12-23-16-5-3-4-6-17(16)24-18/h3-11,13,18H,12H2,1-2H3,(H,21,22). The van der Waals surface area contributed by atoms with Crippen LogP contribution in [-0.4, -0.2) is 24.8 Å². The molecule has 0 fully saturated rings. The van der Waals surface area contributed by atoms with Crippen LogP contribution in [0.25, 0.3) is 0 Å². The molecule has 0 radical (unpaired) electrons. The van der Waals surface area contributed by atoms with Crippen LogP contribution >= 0.6 is 0 Å². The Labute approximate surface area is 141 Å². The lowest BCUT2D eigenvalue weighted by molar-refractivity contribution is -0.130. The number of hydrogen-bond donors (Lipinski definition) is 1. The number of hydrazone groups is 1. The third-order valence-corrected chi connectivity index (χ3v) is 3.79. The first-order valence-electron chi connectivity index (χ1n) is 7.95. The van der Waals surface area contributed by atoms with E-state index in [1.54, 1.807) is 12.3 Å². The maximum atomic E-state index is 12.1. The highest BCUT2D eigenvalue weighted by molar-refractivity contribution is 5.85. The zero-order valence-corrected chi connectivity index (χ0v) is 13.7. The summed E-state index contributed by atoms with van der Waals surface area (Å²) >= 11 is 0. The highest BCUT2D eigenvalue weighted by atomic mass is 16.6. The molecule has 0 aliphatic carbocycles. The molecule has 1 atom stereocenters. The zero-order chi connectivity index (χ0) is 16.9. The van der Waals surface area contributed by atoms with E-state index in [0.717, 1.165) is 5.56 Å². The average Bonchev–Trinajstić information content (AvgIpc) is 2.61. The normalized spacial score (nSPS) is 16.4. The minimum atomic E-state index is -0.708. The Bertz CT molecular complexity index is 739. The number of ether oxygens (including phenoxy) is 2. The minimum absolute atomic E-state index is 0.168. The molecule has 0 spiro atoms.